The van der Waals surface area contributed by atoms with Gasteiger partial charge >= 0.3 is 6.61 Å². The maximum atomic E-state index is 14.0. The number of ether oxygens (including phenoxy) is 2. The number of rotatable bonds is 11. The number of ketones is 1. The van der Waals surface area contributed by atoms with Crippen molar-refractivity contribution in [3.8, 4) is 11.5 Å². The first-order chi connectivity index (χ1) is 22.5. The fraction of sp³-hybridized carbons (Fsp3) is 0.265. The Hall–Kier alpha value is -5.30. The average molecular weight is 649 g/mol. The number of nitrogen functional groups attached to an aromatic ring is 1. The molecule has 0 unspecified atom stereocenters. The third-order valence-corrected chi connectivity index (χ3v) is 8.09. The lowest BCUT2D eigenvalue weighted by Crippen LogP contribution is -2.41. The Labute approximate surface area is 269 Å². The summed E-state index contributed by atoms with van der Waals surface area (Å²) in [5.41, 5.74) is 14.5. The Morgan fingerprint density at radius 3 is 2.55 bits per heavy atom. The van der Waals surface area contributed by atoms with Crippen LogP contribution in [0.15, 0.2) is 78.7 Å². The molecule has 1 aliphatic rings. The number of hydrogen-bond donors (Lipinski definition) is 3. The van der Waals surface area contributed by atoms with Crippen molar-refractivity contribution in [2.75, 3.05) is 25.4 Å². The number of H-pyrrole nitrogens is 1. The van der Waals surface area contributed by atoms with E-state index in [-0.39, 0.29) is 52.7 Å². The fourth-order valence-electron chi connectivity index (χ4n) is 5.79. The summed E-state index contributed by atoms with van der Waals surface area (Å²) in [5.74, 6) is -1.01. The Bertz CT molecular complexity index is 1890. The summed E-state index contributed by atoms with van der Waals surface area (Å²) in [5, 5.41) is 4.83. The lowest BCUT2D eigenvalue weighted by atomic mass is 9.88. The number of aromatic nitrogens is 3. The number of likely N-dealkylation sites (tertiary alicyclic amines) is 1. The number of nitrogens with zero attached hydrogens (tertiary/aromatic N) is 3. The summed E-state index contributed by atoms with van der Waals surface area (Å²) < 4.78 is 52.7. The van der Waals surface area contributed by atoms with Gasteiger partial charge in [-0.05, 0) is 80.2 Å². The number of nitrogens with two attached hydrogens (primary N) is 2. The van der Waals surface area contributed by atoms with Crippen molar-refractivity contribution in [1.82, 2.24) is 19.7 Å². The minimum atomic E-state index is -3.04. The summed E-state index contributed by atoms with van der Waals surface area (Å²) in [6.45, 7) is 5.14. The molecule has 0 bridgehead atoms. The Balaban J connectivity index is 1.39. The van der Waals surface area contributed by atoms with Crippen LogP contribution in [-0.4, -0.2) is 57.6 Å². The van der Waals surface area contributed by atoms with E-state index in [4.69, 9.17) is 20.9 Å². The van der Waals surface area contributed by atoms with Gasteiger partial charge in [-0.15, -0.1) is 0 Å². The van der Waals surface area contributed by atoms with Crippen molar-refractivity contribution in [2.45, 2.75) is 39.2 Å². The number of benzene rings is 2. The lowest BCUT2D eigenvalue weighted by Gasteiger charge is -2.32. The highest BCUT2D eigenvalue weighted by atomic mass is 19.3. The molecular formula is C34H35F3N6O4. The van der Waals surface area contributed by atoms with E-state index in [1.165, 1.54) is 29.1 Å². The van der Waals surface area contributed by atoms with Crippen molar-refractivity contribution < 1.29 is 32.2 Å². The highest BCUT2D eigenvalue weighted by Gasteiger charge is 2.28. The van der Waals surface area contributed by atoms with E-state index >= 15 is 0 Å². The Morgan fingerprint density at radius 1 is 1.17 bits per heavy atom. The molecule has 1 saturated heterocycles. The number of halogens is 3. The second-order valence-corrected chi connectivity index (χ2v) is 11.1. The second kappa shape index (κ2) is 14.0. The molecule has 0 atom stereocenters. The van der Waals surface area contributed by atoms with E-state index in [1.54, 1.807) is 55.2 Å². The number of carbonyl (C=O) groups excluding carboxylic acids is 2. The zero-order chi connectivity index (χ0) is 33.8. The molecule has 47 heavy (non-hydrogen) atoms. The maximum absolute atomic E-state index is 14.0. The van der Waals surface area contributed by atoms with Crippen molar-refractivity contribution in [3.63, 3.8) is 0 Å². The van der Waals surface area contributed by atoms with Gasteiger partial charge in [0.25, 0.3) is 0 Å². The molecule has 3 heterocycles. The van der Waals surface area contributed by atoms with Gasteiger partial charge in [-0.3, -0.25) is 9.59 Å². The molecule has 0 radical (unpaired) electrons. The lowest BCUT2D eigenvalue weighted by molar-refractivity contribution is -0.130. The first-order valence-corrected chi connectivity index (χ1v) is 14.9. The fourth-order valence-corrected chi connectivity index (χ4v) is 5.79. The molecule has 10 nitrogen and oxygen atoms in total. The number of amides is 1. The number of aromatic amines is 1. The largest absolute Gasteiger partial charge is 0.455 e. The summed E-state index contributed by atoms with van der Waals surface area (Å²) in [4.78, 5) is 30.4. The molecule has 2 aromatic carbocycles. The van der Waals surface area contributed by atoms with Crippen LogP contribution < -0.4 is 20.9 Å². The predicted molar refractivity (Wildman–Crippen MR) is 172 cm³/mol. The van der Waals surface area contributed by atoms with Gasteiger partial charge in [-0.25, -0.2) is 9.07 Å². The molecule has 2 aromatic heterocycles. The van der Waals surface area contributed by atoms with Crippen molar-refractivity contribution in [3.05, 3.63) is 101 Å². The number of alkyl halides is 2. The zero-order valence-electron chi connectivity index (χ0n) is 25.9. The van der Waals surface area contributed by atoms with E-state index in [9.17, 15) is 22.8 Å². The molecule has 5 N–H and O–H groups in total. The number of allylic oxidation sites excluding steroid dienone is 4. The number of fused-ring (bicyclic) bond motifs is 1. The molecule has 4 aromatic rings. The van der Waals surface area contributed by atoms with Crippen LogP contribution in [0, 0.1) is 5.82 Å². The van der Waals surface area contributed by atoms with Crippen LogP contribution in [0.25, 0.3) is 16.6 Å². The number of hydrogen-bond acceptors (Lipinski definition) is 7. The Morgan fingerprint density at radius 2 is 1.89 bits per heavy atom. The van der Waals surface area contributed by atoms with Gasteiger partial charge < -0.3 is 30.8 Å². The van der Waals surface area contributed by atoms with Gasteiger partial charge in [0.15, 0.2) is 11.6 Å². The van der Waals surface area contributed by atoms with Crippen LogP contribution >= 0.6 is 0 Å². The zero-order valence-corrected chi connectivity index (χ0v) is 25.9. The SMILES string of the molecule is C=C(/C=C(/C)C(=CC)n1ncc(C(=O)c2cc3cc(OC(F)F)c(C4CCN(C(=O)CN)CC4)cc3[nH]2)c1N)Oc1ccccc1F. The van der Waals surface area contributed by atoms with Crippen molar-refractivity contribution >= 4 is 34.1 Å². The van der Waals surface area contributed by atoms with E-state index in [0.29, 0.717) is 53.7 Å². The van der Waals surface area contributed by atoms with Crippen LogP contribution in [-0.2, 0) is 4.79 Å². The van der Waals surface area contributed by atoms with E-state index < -0.39 is 18.2 Å². The minimum Gasteiger partial charge on any atom is -0.455 e. The van der Waals surface area contributed by atoms with Crippen molar-refractivity contribution in [1.29, 1.82) is 0 Å². The van der Waals surface area contributed by atoms with Crippen LogP contribution in [0.4, 0.5) is 19.0 Å². The third kappa shape index (κ3) is 7.09. The number of para-hydroxylation sites is 1. The van der Waals surface area contributed by atoms with Gasteiger partial charge in [-0.1, -0.05) is 24.8 Å². The molecule has 1 aliphatic heterocycles. The first kappa shape index (κ1) is 33.1. The molecular weight excluding hydrogens is 613 g/mol. The minimum absolute atomic E-state index is 0.0157. The summed E-state index contributed by atoms with van der Waals surface area (Å²) in [6.07, 6.45) is 5.77. The maximum Gasteiger partial charge on any atom is 0.387 e. The summed E-state index contributed by atoms with van der Waals surface area (Å²) in [6, 6.07) is 10.7. The third-order valence-electron chi connectivity index (χ3n) is 8.09. The number of piperidine rings is 1. The molecule has 1 amide bonds. The van der Waals surface area contributed by atoms with Crippen LogP contribution in [0.3, 0.4) is 0 Å². The molecule has 246 valence electrons. The van der Waals surface area contributed by atoms with Crippen molar-refractivity contribution in [2.24, 2.45) is 5.73 Å². The Kier molecular flexibility index (Phi) is 9.85. The average Bonchev–Trinajstić information content (AvgIpc) is 3.64. The number of carbonyl (C=O) groups is 2. The van der Waals surface area contributed by atoms with Gasteiger partial charge in [0.1, 0.15) is 17.3 Å². The first-order valence-electron chi connectivity index (χ1n) is 14.9. The number of anilines is 1. The van der Waals surface area contributed by atoms with E-state index in [0.717, 1.165) is 0 Å². The standard InChI is InChI=1S/C34H35F3N6O4/c1-4-28(19(2)13-20(3)46-29-8-6-5-7-25(29)35)43-33(39)24(18-40-43)32(45)27-14-22-15-30(47-34(36)37)23(16-26(22)41-27)21-9-11-42(12-10-21)31(44)17-38/h4-8,13-16,18,21,34,41H,3,9-12,17,38-39H2,1-2H3/b19-13-,28-4?. The molecule has 13 heteroatoms. The molecule has 0 saturated carbocycles. The summed E-state index contributed by atoms with van der Waals surface area (Å²) in [7, 11) is 0. The van der Waals surface area contributed by atoms with Gasteiger partial charge in [-0.2, -0.15) is 13.9 Å². The van der Waals surface area contributed by atoms with Crippen LogP contribution in [0.1, 0.15) is 54.2 Å². The molecule has 5 rings (SSSR count). The highest BCUT2D eigenvalue weighted by Crippen LogP contribution is 2.38. The van der Waals surface area contributed by atoms with Crippen LogP contribution in [0.5, 0.6) is 11.5 Å². The smallest absolute Gasteiger partial charge is 0.387 e. The van der Waals surface area contributed by atoms with E-state index in [1.807, 2.05) is 0 Å². The monoisotopic (exact) mass is 648 g/mol. The van der Waals surface area contributed by atoms with E-state index in [2.05, 4.69) is 16.7 Å². The predicted octanol–water partition coefficient (Wildman–Crippen LogP) is 5.98. The summed E-state index contributed by atoms with van der Waals surface area (Å²) >= 11 is 0. The molecule has 0 aliphatic carbocycles. The van der Waals surface area contributed by atoms with Crippen LogP contribution in [0.2, 0.25) is 0 Å². The second-order valence-electron chi connectivity index (χ2n) is 11.1. The quantitative estimate of drug-likeness (QED) is 0.103. The number of nitrogens with one attached hydrogen (secondary N) is 1. The van der Waals surface area contributed by atoms with Gasteiger partial charge in [0.05, 0.1) is 29.7 Å². The van der Waals surface area contributed by atoms with Gasteiger partial charge in [0, 0.05) is 24.0 Å². The topological polar surface area (TPSA) is 141 Å². The molecule has 1 fully saturated rings. The molecule has 0 spiro atoms. The highest BCUT2D eigenvalue weighted by molar-refractivity contribution is 6.12. The normalized spacial score (nSPS) is 14.6. The van der Waals surface area contributed by atoms with Gasteiger partial charge in [0.2, 0.25) is 11.7 Å².